The van der Waals surface area contributed by atoms with Gasteiger partial charge in [0.1, 0.15) is 11.5 Å². The molecule has 0 fully saturated rings. The molecule has 4 nitrogen and oxygen atoms in total. The van der Waals surface area contributed by atoms with E-state index in [9.17, 15) is 4.79 Å². The van der Waals surface area contributed by atoms with E-state index in [1.54, 1.807) is 14.2 Å². The van der Waals surface area contributed by atoms with Crippen LogP contribution in [0.4, 0.5) is 0 Å². The van der Waals surface area contributed by atoms with E-state index in [-0.39, 0.29) is 11.8 Å². The SMILES string of the molecule is COc1ccc(OC)c(CCC(=O)N2Cc3ccccc3C(c3ccccc3)C2)c1. The van der Waals surface area contributed by atoms with Crippen molar-refractivity contribution in [2.24, 2.45) is 0 Å². The van der Waals surface area contributed by atoms with Crippen molar-refractivity contribution in [3.8, 4) is 11.5 Å². The van der Waals surface area contributed by atoms with Gasteiger partial charge in [0.15, 0.2) is 0 Å². The normalized spacial score (nSPS) is 15.4. The van der Waals surface area contributed by atoms with Gasteiger partial charge in [0, 0.05) is 25.4 Å². The molecule has 3 aromatic carbocycles. The number of methoxy groups -OCH3 is 2. The number of hydrogen-bond acceptors (Lipinski definition) is 3. The van der Waals surface area contributed by atoms with E-state index >= 15 is 0 Å². The van der Waals surface area contributed by atoms with E-state index in [1.807, 2.05) is 29.2 Å². The van der Waals surface area contributed by atoms with Crippen LogP contribution >= 0.6 is 0 Å². The molecule has 0 aliphatic carbocycles. The van der Waals surface area contributed by atoms with Gasteiger partial charge in [-0.2, -0.15) is 0 Å². The highest BCUT2D eigenvalue weighted by Gasteiger charge is 2.28. The molecule has 30 heavy (non-hydrogen) atoms. The summed E-state index contributed by atoms with van der Waals surface area (Å²) < 4.78 is 10.8. The number of fused-ring (bicyclic) bond motifs is 1. The zero-order valence-corrected chi connectivity index (χ0v) is 17.5. The number of rotatable bonds is 6. The number of carbonyl (C=O) groups excluding carboxylic acids is 1. The smallest absolute Gasteiger partial charge is 0.223 e. The van der Waals surface area contributed by atoms with E-state index in [0.717, 1.165) is 17.1 Å². The average molecular weight is 402 g/mol. The average Bonchev–Trinajstić information content (AvgIpc) is 2.82. The summed E-state index contributed by atoms with van der Waals surface area (Å²) in [5.41, 5.74) is 4.78. The molecule has 1 aliphatic rings. The number of hydrogen-bond donors (Lipinski definition) is 0. The zero-order chi connectivity index (χ0) is 20.9. The second kappa shape index (κ2) is 9.04. The van der Waals surface area contributed by atoms with Crippen LogP contribution in [0.15, 0.2) is 72.8 Å². The third kappa shape index (κ3) is 4.18. The minimum absolute atomic E-state index is 0.162. The Labute approximate surface area is 178 Å². The van der Waals surface area contributed by atoms with Gasteiger partial charge in [-0.05, 0) is 46.9 Å². The van der Waals surface area contributed by atoms with Crippen LogP contribution in [0.3, 0.4) is 0 Å². The van der Waals surface area contributed by atoms with Gasteiger partial charge in [-0.3, -0.25) is 4.79 Å². The van der Waals surface area contributed by atoms with Gasteiger partial charge in [0.25, 0.3) is 0 Å². The Bertz CT molecular complexity index is 1020. The summed E-state index contributed by atoms with van der Waals surface area (Å²) in [6, 6.07) is 24.6. The van der Waals surface area contributed by atoms with Crippen LogP contribution in [0.2, 0.25) is 0 Å². The first-order chi connectivity index (χ1) is 14.7. The summed E-state index contributed by atoms with van der Waals surface area (Å²) in [6.07, 6.45) is 1.06. The zero-order valence-electron chi connectivity index (χ0n) is 17.5. The van der Waals surface area contributed by atoms with Crippen molar-refractivity contribution >= 4 is 5.91 Å². The maximum atomic E-state index is 13.2. The molecular weight excluding hydrogens is 374 g/mol. The molecule has 4 heteroatoms. The van der Waals surface area contributed by atoms with Gasteiger partial charge in [0.2, 0.25) is 5.91 Å². The van der Waals surface area contributed by atoms with Crippen LogP contribution in [0.1, 0.15) is 34.6 Å². The maximum Gasteiger partial charge on any atom is 0.223 e. The number of aryl methyl sites for hydroxylation is 1. The molecular formula is C26H27NO3. The van der Waals surface area contributed by atoms with Crippen LogP contribution in [0, 0.1) is 0 Å². The fraction of sp³-hybridized carbons (Fsp3) is 0.269. The predicted molar refractivity (Wildman–Crippen MR) is 118 cm³/mol. The predicted octanol–water partition coefficient (Wildman–Crippen LogP) is 4.81. The Kier molecular flexibility index (Phi) is 6.03. The lowest BCUT2D eigenvalue weighted by Gasteiger charge is -2.35. The third-order valence-electron chi connectivity index (χ3n) is 5.85. The van der Waals surface area contributed by atoms with Crippen molar-refractivity contribution in [2.75, 3.05) is 20.8 Å². The fourth-order valence-electron chi connectivity index (χ4n) is 4.24. The Hall–Kier alpha value is -3.27. The van der Waals surface area contributed by atoms with Crippen LogP contribution in [0.5, 0.6) is 11.5 Å². The van der Waals surface area contributed by atoms with Crippen LogP contribution in [-0.4, -0.2) is 31.6 Å². The molecule has 1 atom stereocenters. The van der Waals surface area contributed by atoms with Crippen LogP contribution in [0.25, 0.3) is 0 Å². The summed E-state index contributed by atoms with van der Waals surface area (Å²) in [4.78, 5) is 15.2. The Balaban J connectivity index is 1.53. The van der Waals surface area contributed by atoms with E-state index in [4.69, 9.17) is 9.47 Å². The molecule has 0 spiro atoms. The molecule has 0 bridgehead atoms. The summed E-state index contributed by atoms with van der Waals surface area (Å²) >= 11 is 0. The molecule has 0 saturated carbocycles. The molecule has 4 rings (SSSR count). The van der Waals surface area contributed by atoms with Crippen molar-refractivity contribution in [3.63, 3.8) is 0 Å². The van der Waals surface area contributed by atoms with E-state index in [0.29, 0.717) is 25.9 Å². The fourth-order valence-corrected chi connectivity index (χ4v) is 4.24. The molecule has 0 aromatic heterocycles. The molecule has 1 unspecified atom stereocenters. The summed E-state index contributed by atoms with van der Waals surface area (Å²) in [7, 11) is 3.30. The molecule has 0 saturated heterocycles. The quantitative estimate of drug-likeness (QED) is 0.595. The third-order valence-corrected chi connectivity index (χ3v) is 5.85. The highest BCUT2D eigenvalue weighted by molar-refractivity contribution is 5.77. The van der Waals surface area contributed by atoms with Gasteiger partial charge in [-0.15, -0.1) is 0 Å². The van der Waals surface area contributed by atoms with Crippen LogP contribution in [-0.2, 0) is 17.8 Å². The van der Waals surface area contributed by atoms with Crippen LogP contribution < -0.4 is 9.47 Å². The highest BCUT2D eigenvalue weighted by atomic mass is 16.5. The lowest BCUT2D eigenvalue weighted by atomic mass is 9.84. The van der Waals surface area contributed by atoms with Crippen molar-refractivity contribution in [1.82, 2.24) is 4.90 Å². The van der Waals surface area contributed by atoms with Gasteiger partial charge in [0.05, 0.1) is 14.2 Å². The summed E-state index contributed by atoms with van der Waals surface area (Å²) in [5, 5.41) is 0. The Morgan fingerprint density at radius 1 is 0.967 bits per heavy atom. The van der Waals surface area contributed by atoms with Crippen molar-refractivity contribution in [2.45, 2.75) is 25.3 Å². The topological polar surface area (TPSA) is 38.8 Å². The molecule has 1 heterocycles. The highest BCUT2D eigenvalue weighted by Crippen LogP contribution is 2.34. The number of nitrogens with zero attached hydrogens (tertiary/aromatic N) is 1. The minimum atomic E-state index is 0.162. The monoisotopic (exact) mass is 401 g/mol. The summed E-state index contributed by atoms with van der Waals surface area (Å²) in [6.45, 7) is 1.36. The Morgan fingerprint density at radius 3 is 2.50 bits per heavy atom. The molecule has 1 amide bonds. The van der Waals surface area contributed by atoms with Gasteiger partial charge in [-0.1, -0.05) is 54.6 Å². The number of benzene rings is 3. The maximum absolute atomic E-state index is 13.2. The second-order valence-electron chi connectivity index (χ2n) is 7.61. The first kappa shape index (κ1) is 20.0. The first-order valence-electron chi connectivity index (χ1n) is 10.3. The van der Waals surface area contributed by atoms with E-state index in [1.165, 1.54) is 16.7 Å². The number of carbonyl (C=O) groups is 1. The summed E-state index contributed by atoms with van der Waals surface area (Å²) in [5.74, 6) is 1.92. The van der Waals surface area contributed by atoms with Crippen molar-refractivity contribution in [3.05, 3.63) is 95.1 Å². The van der Waals surface area contributed by atoms with E-state index < -0.39 is 0 Å². The molecule has 3 aromatic rings. The lowest BCUT2D eigenvalue weighted by Crippen LogP contribution is -2.38. The molecule has 1 aliphatic heterocycles. The van der Waals surface area contributed by atoms with Gasteiger partial charge >= 0.3 is 0 Å². The molecule has 0 radical (unpaired) electrons. The number of ether oxygens (including phenoxy) is 2. The first-order valence-corrected chi connectivity index (χ1v) is 10.3. The largest absolute Gasteiger partial charge is 0.497 e. The van der Waals surface area contributed by atoms with Crippen molar-refractivity contribution in [1.29, 1.82) is 0 Å². The number of amides is 1. The molecule has 154 valence electrons. The van der Waals surface area contributed by atoms with Crippen molar-refractivity contribution < 1.29 is 14.3 Å². The molecule has 0 N–H and O–H groups in total. The standard InChI is InChI=1S/C26H27NO3/c1-29-22-13-14-25(30-2)20(16-22)12-15-26(28)27-17-21-10-6-7-11-23(21)24(18-27)19-8-4-3-5-9-19/h3-11,13-14,16,24H,12,15,17-18H2,1-2H3. The van der Waals surface area contributed by atoms with E-state index in [2.05, 4.69) is 48.5 Å². The van der Waals surface area contributed by atoms with Gasteiger partial charge < -0.3 is 14.4 Å². The van der Waals surface area contributed by atoms with Gasteiger partial charge in [-0.25, -0.2) is 0 Å². The lowest BCUT2D eigenvalue weighted by molar-refractivity contribution is -0.132. The Morgan fingerprint density at radius 2 is 1.73 bits per heavy atom. The minimum Gasteiger partial charge on any atom is -0.497 e. The second-order valence-corrected chi connectivity index (χ2v) is 7.61.